The third-order valence-electron chi connectivity index (χ3n) is 11.9. The van der Waals surface area contributed by atoms with Gasteiger partial charge in [0.05, 0.1) is 48.2 Å². The molecular weight excluding hydrogens is 717 g/mol. The molecule has 2 aromatic rings. The monoisotopic (exact) mass is 782 g/mol. The molecule has 0 saturated carbocycles. The van der Waals surface area contributed by atoms with E-state index in [9.17, 15) is 19.2 Å². The SMILES string of the molecule is CC[C@H](C)[C@@H]([C@@H](CC(=O)N1CCC[C@H]1C(OC)C(C)C(=O)NC(Cc1ccccc1)c1nccs1)OC)N(C)C(=O)[C@@H](NC(=O)C1(C)CCCCN1)C(C)C. The van der Waals surface area contributed by atoms with Crippen LogP contribution in [0, 0.1) is 17.8 Å². The summed E-state index contributed by atoms with van der Waals surface area (Å²) in [6.45, 7) is 13.1. The van der Waals surface area contributed by atoms with E-state index >= 15 is 0 Å². The molecule has 2 fully saturated rings. The molecule has 1 aromatic carbocycles. The second kappa shape index (κ2) is 20.7. The molecular formula is C42H66N6O6S. The first-order chi connectivity index (χ1) is 26.3. The average Bonchev–Trinajstić information content (AvgIpc) is 3.90. The van der Waals surface area contributed by atoms with E-state index in [0.29, 0.717) is 25.8 Å². The minimum atomic E-state index is -0.737. The van der Waals surface area contributed by atoms with Crippen molar-refractivity contribution >= 4 is 35.0 Å². The zero-order chi connectivity index (χ0) is 40.3. The number of nitrogens with one attached hydrogen (secondary N) is 3. The molecule has 2 aliphatic heterocycles. The van der Waals surface area contributed by atoms with Gasteiger partial charge in [-0.1, -0.05) is 71.4 Å². The third kappa shape index (κ3) is 11.1. The molecule has 0 radical (unpaired) electrons. The van der Waals surface area contributed by atoms with Gasteiger partial charge in [-0.25, -0.2) is 4.98 Å². The lowest BCUT2D eigenvalue weighted by atomic mass is 9.88. The molecule has 0 bridgehead atoms. The van der Waals surface area contributed by atoms with E-state index in [1.807, 2.05) is 68.3 Å². The van der Waals surface area contributed by atoms with Crippen LogP contribution in [-0.2, 0) is 35.1 Å². The Hall–Kier alpha value is -3.39. The second-order valence-corrected chi connectivity index (χ2v) is 17.0. The van der Waals surface area contributed by atoms with E-state index in [4.69, 9.17) is 9.47 Å². The lowest BCUT2D eigenvalue weighted by Gasteiger charge is -2.41. The predicted octanol–water partition coefficient (Wildman–Crippen LogP) is 5.14. The first-order valence-corrected chi connectivity index (χ1v) is 21.1. The fraction of sp³-hybridized carbons (Fsp3) is 0.690. The normalized spacial score (nSPS) is 22.6. The van der Waals surface area contributed by atoms with Gasteiger partial charge in [-0.2, -0.15) is 0 Å². The largest absolute Gasteiger partial charge is 0.379 e. The Morgan fingerprint density at radius 3 is 2.36 bits per heavy atom. The third-order valence-corrected chi connectivity index (χ3v) is 12.8. The van der Waals surface area contributed by atoms with Crippen molar-refractivity contribution in [2.24, 2.45) is 17.8 Å². The summed E-state index contributed by atoms with van der Waals surface area (Å²) in [4.78, 5) is 64.1. The molecule has 2 aliphatic rings. The lowest BCUT2D eigenvalue weighted by Crippen LogP contribution is -2.63. The van der Waals surface area contributed by atoms with Gasteiger partial charge < -0.3 is 35.2 Å². The Bertz CT molecular complexity index is 1520. The highest BCUT2D eigenvalue weighted by Crippen LogP contribution is 2.31. The number of rotatable bonds is 19. The van der Waals surface area contributed by atoms with Crippen LogP contribution < -0.4 is 16.0 Å². The maximum Gasteiger partial charge on any atom is 0.245 e. The number of hydrogen-bond acceptors (Lipinski definition) is 9. The zero-order valence-electron chi connectivity index (χ0n) is 34.5. The zero-order valence-corrected chi connectivity index (χ0v) is 35.3. The van der Waals surface area contributed by atoms with Crippen LogP contribution in [0.4, 0.5) is 0 Å². The molecule has 0 spiro atoms. The molecule has 4 rings (SSSR count). The highest BCUT2D eigenvalue weighted by molar-refractivity contribution is 7.09. The summed E-state index contributed by atoms with van der Waals surface area (Å²) >= 11 is 1.51. The molecule has 4 amide bonds. The second-order valence-electron chi connectivity index (χ2n) is 16.1. The van der Waals surface area contributed by atoms with Gasteiger partial charge in [0.25, 0.3) is 0 Å². The van der Waals surface area contributed by atoms with Gasteiger partial charge in [0.15, 0.2) is 0 Å². The summed E-state index contributed by atoms with van der Waals surface area (Å²) in [6.07, 6.45) is 6.21. The van der Waals surface area contributed by atoms with E-state index in [2.05, 4.69) is 34.8 Å². The molecule has 4 unspecified atom stereocenters. The summed E-state index contributed by atoms with van der Waals surface area (Å²) in [6, 6.07) is 8.25. The molecule has 3 N–H and O–H groups in total. The van der Waals surface area contributed by atoms with Gasteiger partial charge in [-0.3, -0.25) is 19.2 Å². The number of carbonyl (C=O) groups excluding carboxylic acids is 4. The van der Waals surface area contributed by atoms with Crippen LogP contribution in [0.3, 0.4) is 0 Å². The number of amides is 4. The molecule has 1 aromatic heterocycles. The molecule has 306 valence electrons. The Kier molecular flexibility index (Phi) is 16.7. The smallest absolute Gasteiger partial charge is 0.245 e. The van der Waals surface area contributed by atoms with Crippen LogP contribution in [0.5, 0.6) is 0 Å². The van der Waals surface area contributed by atoms with E-state index < -0.39 is 35.7 Å². The summed E-state index contributed by atoms with van der Waals surface area (Å²) in [7, 11) is 4.95. The molecule has 2 saturated heterocycles. The van der Waals surface area contributed by atoms with Crippen molar-refractivity contribution in [3.63, 3.8) is 0 Å². The van der Waals surface area contributed by atoms with Crippen molar-refractivity contribution in [2.75, 3.05) is 34.4 Å². The van der Waals surface area contributed by atoms with E-state index in [-0.39, 0.29) is 54.0 Å². The fourth-order valence-electron chi connectivity index (χ4n) is 8.35. The Morgan fingerprint density at radius 1 is 1.05 bits per heavy atom. The van der Waals surface area contributed by atoms with Crippen LogP contribution in [0.1, 0.15) is 103 Å². The summed E-state index contributed by atoms with van der Waals surface area (Å²) < 4.78 is 12.1. The molecule has 12 nitrogen and oxygen atoms in total. The van der Waals surface area contributed by atoms with Crippen molar-refractivity contribution in [1.29, 1.82) is 0 Å². The number of benzene rings is 1. The number of carbonyl (C=O) groups is 4. The number of aromatic nitrogens is 1. The molecule has 3 heterocycles. The number of thiazole rings is 1. The van der Waals surface area contributed by atoms with Gasteiger partial charge >= 0.3 is 0 Å². The Balaban J connectivity index is 1.47. The summed E-state index contributed by atoms with van der Waals surface area (Å²) in [5, 5.41) is 12.4. The minimum absolute atomic E-state index is 0.000717. The molecule has 55 heavy (non-hydrogen) atoms. The quantitative estimate of drug-likeness (QED) is 0.178. The molecule has 9 atom stereocenters. The summed E-state index contributed by atoms with van der Waals surface area (Å²) in [5.41, 5.74) is 0.370. The van der Waals surface area contributed by atoms with Crippen LogP contribution in [0.25, 0.3) is 0 Å². The Labute approximate surface area is 332 Å². The number of nitrogens with zero attached hydrogens (tertiary/aromatic N) is 3. The van der Waals surface area contributed by atoms with Gasteiger partial charge in [-0.05, 0) is 69.4 Å². The fourth-order valence-corrected chi connectivity index (χ4v) is 9.04. The lowest BCUT2D eigenvalue weighted by molar-refractivity contribution is -0.148. The highest BCUT2D eigenvalue weighted by Gasteiger charge is 2.44. The van der Waals surface area contributed by atoms with Crippen molar-refractivity contribution in [1.82, 2.24) is 30.7 Å². The van der Waals surface area contributed by atoms with Crippen LogP contribution in [0.15, 0.2) is 41.9 Å². The number of methoxy groups -OCH3 is 2. The van der Waals surface area contributed by atoms with Gasteiger partial charge in [0.2, 0.25) is 23.6 Å². The first-order valence-electron chi connectivity index (χ1n) is 20.2. The Morgan fingerprint density at radius 2 is 1.78 bits per heavy atom. The highest BCUT2D eigenvalue weighted by atomic mass is 32.1. The van der Waals surface area contributed by atoms with Crippen LogP contribution in [-0.4, -0.2) is 109 Å². The average molecular weight is 783 g/mol. The maximum atomic E-state index is 14.3. The minimum Gasteiger partial charge on any atom is -0.379 e. The van der Waals surface area contributed by atoms with E-state index in [0.717, 1.165) is 42.8 Å². The van der Waals surface area contributed by atoms with Crippen molar-refractivity contribution in [3.05, 3.63) is 52.5 Å². The summed E-state index contributed by atoms with van der Waals surface area (Å²) in [5.74, 6) is -1.34. The van der Waals surface area contributed by atoms with Gasteiger partial charge in [0, 0.05) is 39.4 Å². The van der Waals surface area contributed by atoms with Crippen LogP contribution in [0.2, 0.25) is 0 Å². The van der Waals surface area contributed by atoms with Crippen molar-refractivity contribution in [3.8, 4) is 0 Å². The number of piperidine rings is 1. The topological polar surface area (TPSA) is 142 Å². The van der Waals surface area contributed by atoms with Crippen LogP contribution >= 0.6 is 11.3 Å². The number of likely N-dealkylation sites (N-methyl/N-ethyl adjacent to an activating group) is 1. The van der Waals surface area contributed by atoms with Gasteiger partial charge in [-0.15, -0.1) is 11.3 Å². The predicted molar refractivity (Wildman–Crippen MR) is 216 cm³/mol. The maximum absolute atomic E-state index is 14.3. The van der Waals surface area contributed by atoms with Crippen molar-refractivity contribution < 1.29 is 28.7 Å². The number of likely N-dealkylation sites (tertiary alicyclic amines) is 1. The number of ether oxygens (including phenoxy) is 2. The number of hydrogen-bond donors (Lipinski definition) is 3. The van der Waals surface area contributed by atoms with Gasteiger partial charge in [0.1, 0.15) is 11.0 Å². The standard InChI is InChI=1S/C42H66N6O6S/c1-10-28(4)36(47(7)40(51)35(27(2)3)46-41(52)42(6)20-14-15-21-44-42)33(53-8)26-34(49)48-23-16-19-32(48)37(54-9)29(5)38(50)45-31(39-43-22-24-55-39)25-30-17-12-11-13-18-30/h11-13,17-18,22,24,27-29,31-33,35-37,44H,10,14-16,19-21,23,25-26H2,1-9H3,(H,45,50)(H,46,52)/t28-,29?,31?,32-,33+,35-,36-,37?,42?/m0/s1. The first kappa shape index (κ1) is 44.3. The molecule has 13 heteroatoms. The van der Waals surface area contributed by atoms with E-state index in [1.54, 1.807) is 32.4 Å². The van der Waals surface area contributed by atoms with Crippen molar-refractivity contribution in [2.45, 2.75) is 135 Å². The molecule has 0 aliphatic carbocycles. The van der Waals surface area contributed by atoms with E-state index in [1.165, 1.54) is 11.3 Å².